The Labute approximate surface area is 117 Å². The van der Waals surface area contributed by atoms with Gasteiger partial charge in [0.1, 0.15) is 5.69 Å². The van der Waals surface area contributed by atoms with Crippen LogP contribution in [0.2, 0.25) is 0 Å². The number of nitro groups is 1. The van der Waals surface area contributed by atoms with Crippen LogP contribution in [-0.2, 0) is 0 Å². The zero-order valence-corrected chi connectivity index (χ0v) is 11.5. The van der Waals surface area contributed by atoms with Gasteiger partial charge in [-0.05, 0) is 26.0 Å². The number of terminal acetylenes is 1. The Hall–Kier alpha value is -2.55. The largest absolute Gasteiger partial charge is 0.376 e. The Bertz CT molecular complexity index is 549. The summed E-state index contributed by atoms with van der Waals surface area (Å²) in [5, 5.41) is 16.7. The molecule has 6 nitrogen and oxygen atoms in total. The first-order chi connectivity index (χ1) is 9.49. The fourth-order valence-corrected chi connectivity index (χ4v) is 1.70. The van der Waals surface area contributed by atoms with E-state index in [9.17, 15) is 14.9 Å². The highest BCUT2D eigenvalue weighted by molar-refractivity contribution is 5.95. The summed E-state index contributed by atoms with van der Waals surface area (Å²) >= 11 is 0. The molecule has 6 heteroatoms. The number of amides is 1. The highest BCUT2D eigenvalue weighted by Gasteiger charge is 2.18. The quantitative estimate of drug-likeness (QED) is 0.473. The first-order valence-corrected chi connectivity index (χ1v) is 6.26. The Morgan fingerprint density at radius 2 is 2.25 bits per heavy atom. The van der Waals surface area contributed by atoms with Gasteiger partial charge >= 0.3 is 0 Å². The van der Waals surface area contributed by atoms with Crippen LogP contribution in [0.5, 0.6) is 0 Å². The van der Waals surface area contributed by atoms with E-state index >= 15 is 0 Å². The van der Waals surface area contributed by atoms with Crippen molar-refractivity contribution in [2.45, 2.75) is 26.3 Å². The van der Waals surface area contributed by atoms with Crippen LogP contribution in [0.15, 0.2) is 18.2 Å². The fraction of sp³-hybridized carbons (Fsp3) is 0.357. The van der Waals surface area contributed by atoms with Crippen molar-refractivity contribution in [1.82, 2.24) is 5.32 Å². The van der Waals surface area contributed by atoms with Crippen molar-refractivity contribution in [1.29, 1.82) is 0 Å². The maximum atomic E-state index is 11.7. The summed E-state index contributed by atoms with van der Waals surface area (Å²) in [5.41, 5.74) is 0.470. The van der Waals surface area contributed by atoms with E-state index in [0.29, 0.717) is 18.7 Å². The SMILES string of the molecule is C#CCC(C)Nc1ccc(C(=O)NCC)cc1[N+](=O)[O-]. The Balaban J connectivity index is 3.05. The zero-order chi connectivity index (χ0) is 15.1. The molecule has 0 radical (unpaired) electrons. The first-order valence-electron chi connectivity index (χ1n) is 6.26. The second-order valence-corrected chi connectivity index (χ2v) is 4.30. The summed E-state index contributed by atoms with van der Waals surface area (Å²) in [6.07, 6.45) is 5.65. The number of hydrogen-bond acceptors (Lipinski definition) is 4. The number of nitrogens with zero attached hydrogens (tertiary/aromatic N) is 1. The molecule has 0 aliphatic carbocycles. The Morgan fingerprint density at radius 1 is 1.55 bits per heavy atom. The van der Waals surface area contributed by atoms with Gasteiger partial charge in [-0.25, -0.2) is 0 Å². The molecule has 0 heterocycles. The third kappa shape index (κ3) is 3.99. The minimum atomic E-state index is -0.520. The van der Waals surface area contributed by atoms with Crippen LogP contribution in [0.1, 0.15) is 30.6 Å². The Kier molecular flexibility index (Phi) is 5.54. The van der Waals surface area contributed by atoms with Crippen LogP contribution in [0.3, 0.4) is 0 Å². The maximum absolute atomic E-state index is 11.7. The standard InChI is InChI=1S/C14H17N3O3/c1-4-6-10(3)16-12-8-7-11(14(18)15-5-2)9-13(12)17(19)20/h1,7-10,16H,5-6H2,2-3H3,(H,15,18). The lowest BCUT2D eigenvalue weighted by Crippen LogP contribution is -2.23. The molecule has 1 atom stereocenters. The average molecular weight is 275 g/mol. The van der Waals surface area contributed by atoms with E-state index in [0.717, 1.165) is 0 Å². The molecule has 1 aromatic rings. The number of nitrogens with one attached hydrogen (secondary N) is 2. The number of carbonyl (C=O) groups excluding carboxylic acids is 1. The van der Waals surface area contributed by atoms with Gasteiger partial charge in [-0.3, -0.25) is 14.9 Å². The molecule has 0 saturated heterocycles. The van der Waals surface area contributed by atoms with Crippen molar-refractivity contribution < 1.29 is 9.72 Å². The van der Waals surface area contributed by atoms with Gasteiger partial charge in [-0.2, -0.15) is 0 Å². The zero-order valence-electron chi connectivity index (χ0n) is 11.5. The summed E-state index contributed by atoms with van der Waals surface area (Å²) < 4.78 is 0. The average Bonchev–Trinajstić information content (AvgIpc) is 2.39. The molecule has 0 bridgehead atoms. The summed E-state index contributed by atoms with van der Waals surface area (Å²) in [5.74, 6) is 2.15. The monoisotopic (exact) mass is 275 g/mol. The maximum Gasteiger partial charge on any atom is 0.293 e. The van der Waals surface area contributed by atoms with E-state index in [-0.39, 0.29) is 23.2 Å². The van der Waals surface area contributed by atoms with Gasteiger partial charge in [0.25, 0.3) is 11.6 Å². The molecule has 1 amide bonds. The molecule has 0 aliphatic heterocycles. The predicted molar refractivity (Wildman–Crippen MR) is 77.6 cm³/mol. The summed E-state index contributed by atoms with van der Waals surface area (Å²) in [4.78, 5) is 22.2. The molecule has 0 fully saturated rings. The van der Waals surface area contributed by atoms with E-state index in [4.69, 9.17) is 6.42 Å². The van der Waals surface area contributed by atoms with Crippen LogP contribution in [0, 0.1) is 22.5 Å². The van der Waals surface area contributed by atoms with Crippen LogP contribution in [0.4, 0.5) is 11.4 Å². The molecule has 1 rings (SSSR count). The van der Waals surface area contributed by atoms with Crippen LogP contribution >= 0.6 is 0 Å². The van der Waals surface area contributed by atoms with Crippen LogP contribution in [0.25, 0.3) is 0 Å². The smallest absolute Gasteiger partial charge is 0.293 e. The molecule has 0 aromatic heterocycles. The van der Waals surface area contributed by atoms with Gasteiger partial charge in [0.2, 0.25) is 0 Å². The van der Waals surface area contributed by atoms with Crippen molar-refractivity contribution in [3.05, 3.63) is 33.9 Å². The molecule has 0 spiro atoms. The van der Waals surface area contributed by atoms with Gasteiger partial charge in [0.15, 0.2) is 0 Å². The molecular formula is C14H17N3O3. The number of carbonyl (C=O) groups is 1. The van der Waals surface area contributed by atoms with Crippen LogP contribution in [-0.4, -0.2) is 23.4 Å². The Morgan fingerprint density at radius 3 is 2.80 bits per heavy atom. The van der Waals surface area contributed by atoms with Crippen molar-refractivity contribution in [3.8, 4) is 12.3 Å². The third-order valence-corrected chi connectivity index (χ3v) is 2.62. The topological polar surface area (TPSA) is 84.3 Å². The molecule has 0 saturated carbocycles. The summed E-state index contributed by atoms with van der Waals surface area (Å²) in [6.45, 7) is 4.08. The minimum Gasteiger partial charge on any atom is -0.376 e. The van der Waals surface area contributed by atoms with E-state index < -0.39 is 4.92 Å². The first kappa shape index (κ1) is 15.5. The lowest BCUT2D eigenvalue weighted by molar-refractivity contribution is -0.384. The highest BCUT2D eigenvalue weighted by Crippen LogP contribution is 2.26. The van der Waals surface area contributed by atoms with E-state index in [1.165, 1.54) is 12.1 Å². The van der Waals surface area contributed by atoms with Gasteiger partial charge in [0, 0.05) is 30.6 Å². The second kappa shape index (κ2) is 7.14. The van der Waals surface area contributed by atoms with Gasteiger partial charge in [-0.1, -0.05) is 0 Å². The highest BCUT2D eigenvalue weighted by atomic mass is 16.6. The molecule has 106 valence electrons. The fourth-order valence-electron chi connectivity index (χ4n) is 1.70. The lowest BCUT2D eigenvalue weighted by atomic mass is 10.1. The number of anilines is 1. The molecule has 20 heavy (non-hydrogen) atoms. The van der Waals surface area contributed by atoms with Crippen molar-refractivity contribution in [2.75, 3.05) is 11.9 Å². The van der Waals surface area contributed by atoms with Gasteiger partial charge in [0.05, 0.1) is 4.92 Å². The normalized spacial score (nSPS) is 11.2. The third-order valence-electron chi connectivity index (χ3n) is 2.62. The van der Waals surface area contributed by atoms with Crippen LogP contribution < -0.4 is 10.6 Å². The van der Waals surface area contributed by atoms with Crippen molar-refractivity contribution in [3.63, 3.8) is 0 Å². The molecule has 0 aliphatic rings. The van der Waals surface area contributed by atoms with Gasteiger partial charge < -0.3 is 10.6 Å². The number of nitro benzene ring substituents is 1. The molecule has 1 unspecified atom stereocenters. The second-order valence-electron chi connectivity index (χ2n) is 4.30. The van der Waals surface area contributed by atoms with E-state index in [1.807, 2.05) is 6.92 Å². The number of rotatable bonds is 6. The minimum absolute atomic E-state index is 0.0889. The van der Waals surface area contributed by atoms with E-state index in [2.05, 4.69) is 16.6 Å². The number of benzene rings is 1. The molecular weight excluding hydrogens is 258 g/mol. The van der Waals surface area contributed by atoms with E-state index in [1.54, 1.807) is 13.0 Å². The van der Waals surface area contributed by atoms with Crippen molar-refractivity contribution in [2.24, 2.45) is 0 Å². The predicted octanol–water partition coefficient (Wildman–Crippen LogP) is 2.17. The van der Waals surface area contributed by atoms with Gasteiger partial charge in [-0.15, -0.1) is 12.3 Å². The number of hydrogen-bond donors (Lipinski definition) is 2. The molecule has 1 aromatic carbocycles. The lowest BCUT2D eigenvalue weighted by Gasteiger charge is -2.13. The molecule has 2 N–H and O–H groups in total. The summed E-state index contributed by atoms with van der Waals surface area (Å²) in [7, 11) is 0. The summed E-state index contributed by atoms with van der Waals surface area (Å²) in [6, 6.07) is 4.24. The van der Waals surface area contributed by atoms with Crippen molar-refractivity contribution >= 4 is 17.3 Å².